The molecule has 2 nitrogen and oxygen atoms in total. The Balaban J connectivity index is 2.04. The van der Waals surface area contributed by atoms with Crippen LogP contribution in [0.1, 0.15) is 24.1 Å². The monoisotopic (exact) mass is 339 g/mol. The van der Waals surface area contributed by atoms with E-state index in [0.717, 1.165) is 16.1 Å². The van der Waals surface area contributed by atoms with Gasteiger partial charge >= 0.3 is 0 Å². The second kappa shape index (κ2) is 6.42. The first kappa shape index (κ1) is 14.4. The summed E-state index contributed by atoms with van der Waals surface area (Å²) in [7, 11) is 0. The Morgan fingerprint density at radius 2 is 2.00 bits per heavy atom. The molecule has 100 valence electrons. The molecule has 0 spiro atoms. The Hall–Kier alpha value is -1.03. The van der Waals surface area contributed by atoms with Gasteiger partial charge in [-0.15, -0.1) is 0 Å². The molecule has 0 fully saturated rings. The number of rotatable bonds is 4. The summed E-state index contributed by atoms with van der Waals surface area (Å²) in [6.45, 7) is 2.67. The van der Waals surface area contributed by atoms with Crippen molar-refractivity contribution in [2.45, 2.75) is 19.5 Å². The molecule has 0 aliphatic carbocycles. The summed E-state index contributed by atoms with van der Waals surface area (Å²) in [6.07, 6.45) is 0. The molecule has 2 rings (SSSR count). The molecule has 2 aromatic rings. The van der Waals surface area contributed by atoms with E-state index >= 15 is 0 Å². The molecule has 0 aromatic heterocycles. The number of benzene rings is 2. The van der Waals surface area contributed by atoms with Crippen molar-refractivity contribution in [3.05, 3.63) is 63.1 Å². The number of halogens is 2. The molecule has 4 heteroatoms. The van der Waals surface area contributed by atoms with Crippen LogP contribution in [-0.4, -0.2) is 5.11 Å². The van der Waals surface area contributed by atoms with Crippen molar-refractivity contribution in [1.29, 1.82) is 0 Å². The lowest BCUT2D eigenvalue weighted by Crippen LogP contribution is -2.18. The quantitative estimate of drug-likeness (QED) is 0.848. The van der Waals surface area contributed by atoms with E-state index in [1.54, 1.807) is 0 Å². The van der Waals surface area contributed by atoms with Gasteiger partial charge < -0.3 is 10.4 Å². The minimum absolute atomic E-state index is 0.164. The highest BCUT2D eigenvalue weighted by Crippen LogP contribution is 2.27. The summed E-state index contributed by atoms with van der Waals surface area (Å²) in [6, 6.07) is 13.6. The number of hydrogen-bond acceptors (Lipinski definition) is 2. The summed E-state index contributed by atoms with van der Waals surface area (Å²) in [5.74, 6) is 0.285. The zero-order valence-electron chi connectivity index (χ0n) is 10.5. The van der Waals surface area contributed by atoms with Gasteiger partial charge in [-0.25, -0.2) is 0 Å². The molecule has 0 unspecified atom stereocenters. The van der Waals surface area contributed by atoms with Gasteiger partial charge in [0.25, 0.3) is 0 Å². The summed E-state index contributed by atoms with van der Waals surface area (Å²) in [5, 5.41) is 14.0. The number of nitrogens with one attached hydrogen (secondary N) is 1. The van der Waals surface area contributed by atoms with E-state index in [-0.39, 0.29) is 11.8 Å². The lowest BCUT2D eigenvalue weighted by atomic mass is 10.1. The highest BCUT2D eigenvalue weighted by atomic mass is 79.9. The van der Waals surface area contributed by atoms with Crippen molar-refractivity contribution in [3.8, 4) is 5.75 Å². The van der Waals surface area contributed by atoms with Crippen molar-refractivity contribution in [3.63, 3.8) is 0 Å². The molecule has 2 aromatic carbocycles. The topological polar surface area (TPSA) is 32.3 Å². The highest BCUT2D eigenvalue weighted by Gasteiger charge is 2.08. The average molecular weight is 341 g/mol. The van der Waals surface area contributed by atoms with Crippen molar-refractivity contribution < 1.29 is 5.11 Å². The third-order valence-electron chi connectivity index (χ3n) is 3.02. The standard InChI is InChI=1S/C15H15BrClNO/c1-10(11-4-2-6-13(17)8-11)18-9-12-5-3-7-14(16)15(12)19/h2-8,10,18-19H,9H2,1H3/t10-/m0/s1. The Labute approximate surface area is 126 Å². The predicted octanol–water partition coefficient (Wildman–Crippen LogP) is 4.66. The molecular formula is C15H15BrClNO. The van der Waals surface area contributed by atoms with Crippen LogP contribution < -0.4 is 5.32 Å². The first-order valence-corrected chi connectivity index (χ1v) is 7.20. The Morgan fingerprint density at radius 3 is 2.74 bits per heavy atom. The van der Waals surface area contributed by atoms with E-state index in [9.17, 15) is 5.11 Å². The smallest absolute Gasteiger partial charge is 0.134 e. The number of phenols is 1. The van der Waals surface area contributed by atoms with Gasteiger partial charge in [0.1, 0.15) is 5.75 Å². The highest BCUT2D eigenvalue weighted by molar-refractivity contribution is 9.10. The Kier molecular flexibility index (Phi) is 4.86. The molecule has 0 amide bonds. The molecule has 0 radical (unpaired) electrons. The third-order valence-corrected chi connectivity index (χ3v) is 3.89. The van der Waals surface area contributed by atoms with Crippen molar-refractivity contribution in [2.75, 3.05) is 0 Å². The maximum atomic E-state index is 9.92. The zero-order valence-corrected chi connectivity index (χ0v) is 12.9. The maximum absolute atomic E-state index is 9.92. The van der Waals surface area contributed by atoms with Crippen LogP contribution in [-0.2, 0) is 6.54 Å². The maximum Gasteiger partial charge on any atom is 0.134 e. The predicted molar refractivity (Wildman–Crippen MR) is 82.5 cm³/mol. The second-order valence-corrected chi connectivity index (χ2v) is 5.70. The van der Waals surface area contributed by atoms with Gasteiger partial charge in [-0.1, -0.05) is 35.9 Å². The Morgan fingerprint density at radius 1 is 1.26 bits per heavy atom. The van der Waals surface area contributed by atoms with Crippen LogP contribution in [0.4, 0.5) is 0 Å². The van der Waals surface area contributed by atoms with E-state index in [0.29, 0.717) is 11.0 Å². The van der Waals surface area contributed by atoms with E-state index in [1.165, 1.54) is 0 Å². The molecule has 0 aliphatic rings. The van der Waals surface area contributed by atoms with Crippen LogP contribution in [0, 0.1) is 0 Å². The van der Waals surface area contributed by atoms with Gasteiger partial charge in [0.2, 0.25) is 0 Å². The molecule has 19 heavy (non-hydrogen) atoms. The molecular weight excluding hydrogens is 326 g/mol. The van der Waals surface area contributed by atoms with Gasteiger partial charge in [-0.05, 0) is 46.6 Å². The number of aromatic hydroxyl groups is 1. The van der Waals surface area contributed by atoms with Crippen LogP contribution in [0.3, 0.4) is 0 Å². The average Bonchev–Trinajstić information content (AvgIpc) is 2.40. The van der Waals surface area contributed by atoms with E-state index in [2.05, 4.69) is 28.2 Å². The normalized spacial score (nSPS) is 12.4. The number of para-hydroxylation sites is 1. The van der Waals surface area contributed by atoms with Crippen LogP contribution in [0.25, 0.3) is 0 Å². The summed E-state index contributed by atoms with van der Waals surface area (Å²) >= 11 is 9.29. The lowest BCUT2D eigenvalue weighted by Gasteiger charge is -2.15. The number of phenolic OH excluding ortho intramolecular Hbond substituents is 1. The molecule has 0 aliphatic heterocycles. The summed E-state index contributed by atoms with van der Waals surface area (Å²) < 4.78 is 0.710. The van der Waals surface area contributed by atoms with Gasteiger partial charge in [-0.2, -0.15) is 0 Å². The van der Waals surface area contributed by atoms with Gasteiger partial charge in [0.05, 0.1) is 4.47 Å². The minimum Gasteiger partial charge on any atom is -0.506 e. The molecule has 2 N–H and O–H groups in total. The zero-order chi connectivity index (χ0) is 13.8. The minimum atomic E-state index is 0.164. The van der Waals surface area contributed by atoms with E-state index < -0.39 is 0 Å². The molecule has 0 saturated carbocycles. The summed E-state index contributed by atoms with van der Waals surface area (Å²) in [5.41, 5.74) is 1.99. The number of hydrogen-bond donors (Lipinski definition) is 2. The first-order chi connectivity index (χ1) is 9.08. The summed E-state index contributed by atoms with van der Waals surface area (Å²) in [4.78, 5) is 0. The van der Waals surface area contributed by atoms with Gasteiger partial charge in [0, 0.05) is 23.2 Å². The van der Waals surface area contributed by atoms with Crippen LogP contribution >= 0.6 is 27.5 Å². The fourth-order valence-electron chi connectivity index (χ4n) is 1.86. The van der Waals surface area contributed by atoms with Crippen molar-refractivity contribution >= 4 is 27.5 Å². The van der Waals surface area contributed by atoms with E-state index in [4.69, 9.17) is 11.6 Å². The van der Waals surface area contributed by atoms with Crippen LogP contribution in [0.15, 0.2) is 46.9 Å². The molecule has 0 bridgehead atoms. The van der Waals surface area contributed by atoms with Crippen LogP contribution in [0.2, 0.25) is 5.02 Å². The second-order valence-electron chi connectivity index (χ2n) is 4.41. The third kappa shape index (κ3) is 3.72. The van der Waals surface area contributed by atoms with Crippen molar-refractivity contribution in [1.82, 2.24) is 5.32 Å². The molecule has 0 heterocycles. The largest absolute Gasteiger partial charge is 0.506 e. The first-order valence-electron chi connectivity index (χ1n) is 6.03. The lowest BCUT2D eigenvalue weighted by molar-refractivity contribution is 0.457. The fourth-order valence-corrected chi connectivity index (χ4v) is 2.47. The fraction of sp³-hybridized carbons (Fsp3) is 0.200. The van der Waals surface area contributed by atoms with Crippen molar-refractivity contribution in [2.24, 2.45) is 0 Å². The van der Waals surface area contributed by atoms with E-state index in [1.807, 2.05) is 42.5 Å². The molecule has 0 saturated heterocycles. The SMILES string of the molecule is C[C@H](NCc1cccc(Br)c1O)c1cccc(Cl)c1. The van der Waals surface area contributed by atoms with Crippen LogP contribution in [0.5, 0.6) is 5.75 Å². The Bertz CT molecular complexity index is 574. The van der Waals surface area contributed by atoms with Gasteiger partial charge in [0.15, 0.2) is 0 Å². The molecule has 1 atom stereocenters. The van der Waals surface area contributed by atoms with Gasteiger partial charge in [-0.3, -0.25) is 0 Å².